The van der Waals surface area contributed by atoms with E-state index in [9.17, 15) is 4.79 Å². The van der Waals surface area contributed by atoms with E-state index in [4.69, 9.17) is 10.5 Å². The number of hydrogen-bond acceptors (Lipinski definition) is 3. The van der Waals surface area contributed by atoms with Crippen LogP contribution >= 0.6 is 0 Å². The Morgan fingerprint density at radius 2 is 2.11 bits per heavy atom. The van der Waals surface area contributed by atoms with Gasteiger partial charge in [-0.25, -0.2) is 0 Å². The number of amides is 1. The van der Waals surface area contributed by atoms with Gasteiger partial charge in [0.25, 0.3) is 5.91 Å². The molecular weight excluding hydrogens is 228 g/mol. The van der Waals surface area contributed by atoms with Crippen molar-refractivity contribution in [3.05, 3.63) is 35.4 Å². The Balaban J connectivity index is 2.64. The van der Waals surface area contributed by atoms with Crippen LogP contribution in [0.1, 0.15) is 22.8 Å². The first-order valence-corrected chi connectivity index (χ1v) is 5.76. The van der Waals surface area contributed by atoms with Crippen LogP contribution in [0.4, 0.5) is 0 Å². The number of carbonyl (C=O) groups is 1. The van der Waals surface area contributed by atoms with Crippen molar-refractivity contribution in [2.75, 3.05) is 20.3 Å². The smallest absolute Gasteiger partial charge is 0.251 e. The van der Waals surface area contributed by atoms with Gasteiger partial charge in [-0.2, -0.15) is 0 Å². The molecule has 0 aromatic heterocycles. The van der Waals surface area contributed by atoms with Gasteiger partial charge in [-0.3, -0.25) is 4.79 Å². The van der Waals surface area contributed by atoms with Crippen LogP contribution in [0.25, 0.3) is 0 Å². The summed E-state index contributed by atoms with van der Waals surface area (Å²) in [5.41, 5.74) is 6.74. The predicted octanol–water partition coefficient (Wildman–Crippen LogP) is 0.761. The summed E-state index contributed by atoms with van der Waals surface area (Å²) < 4.78 is 4.96. The van der Waals surface area contributed by atoms with Gasteiger partial charge < -0.3 is 15.8 Å². The van der Waals surface area contributed by atoms with E-state index in [0.29, 0.717) is 18.7 Å². The topological polar surface area (TPSA) is 64.3 Å². The number of rotatable bonds is 4. The maximum atomic E-state index is 11.8. The predicted molar refractivity (Wildman–Crippen MR) is 71.2 cm³/mol. The van der Waals surface area contributed by atoms with E-state index in [2.05, 4.69) is 17.2 Å². The fourth-order valence-corrected chi connectivity index (χ4v) is 1.46. The zero-order valence-electron chi connectivity index (χ0n) is 10.7. The van der Waals surface area contributed by atoms with Crippen LogP contribution in [-0.2, 0) is 4.74 Å². The van der Waals surface area contributed by atoms with Crippen molar-refractivity contribution in [3.63, 3.8) is 0 Å². The first kappa shape index (κ1) is 14.2. The van der Waals surface area contributed by atoms with Gasteiger partial charge in [-0.1, -0.05) is 11.8 Å². The molecule has 0 aliphatic carbocycles. The summed E-state index contributed by atoms with van der Waals surface area (Å²) in [5, 5.41) is 2.84. The molecule has 18 heavy (non-hydrogen) atoms. The van der Waals surface area contributed by atoms with Gasteiger partial charge in [0.15, 0.2) is 0 Å². The molecule has 1 aromatic carbocycles. The second kappa shape index (κ2) is 7.49. The summed E-state index contributed by atoms with van der Waals surface area (Å²) in [6, 6.07) is 7.08. The van der Waals surface area contributed by atoms with E-state index in [1.807, 2.05) is 6.92 Å². The minimum absolute atomic E-state index is 0.0146. The molecule has 1 atom stereocenters. The summed E-state index contributed by atoms with van der Waals surface area (Å²) in [4.78, 5) is 11.8. The molecule has 0 bridgehead atoms. The largest absolute Gasteiger partial charge is 0.383 e. The van der Waals surface area contributed by atoms with E-state index >= 15 is 0 Å². The number of hydrogen-bond donors (Lipinski definition) is 2. The Bertz CT molecular complexity index is 443. The first-order valence-electron chi connectivity index (χ1n) is 5.76. The molecule has 0 saturated carbocycles. The van der Waals surface area contributed by atoms with Crippen molar-refractivity contribution < 1.29 is 9.53 Å². The SMILES string of the molecule is COCC(C)NC(=O)c1ccc(C#CCN)cc1. The van der Waals surface area contributed by atoms with E-state index in [0.717, 1.165) is 5.56 Å². The molecule has 3 N–H and O–H groups in total. The molecule has 4 heteroatoms. The van der Waals surface area contributed by atoms with E-state index in [-0.39, 0.29) is 11.9 Å². The minimum Gasteiger partial charge on any atom is -0.383 e. The lowest BCUT2D eigenvalue weighted by molar-refractivity contribution is 0.0905. The van der Waals surface area contributed by atoms with E-state index in [1.165, 1.54) is 0 Å². The number of nitrogens with two attached hydrogens (primary N) is 1. The molecule has 96 valence electrons. The van der Waals surface area contributed by atoms with Crippen molar-refractivity contribution in [2.24, 2.45) is 5.73 Å². The normalized spacial score (nSPS) is 11.3. The third kappa shape index (κ3) is 4.58. The molecule has 0 saturated heterocycles. The lowest BCUT2D eigenvalue weighted by atomic mass is 10.1. The van der Waals surface area contributed by atoms with Gasteiger partial charge in [0.1, 0.15) is 0 Å². The lowest BCUT2D eigenvalue weighted by Crippen LogP contribution is -2.35. The zero-order valence-corrected chi connectivity index (χ0v) is 10.7. The summed E-state index contributed by atoms with van der Waals surface area (Å²) in [7, 11) is 1.60. The minimum atomic E-state index is -0.113. The average molecular weight is 246 g/mol. The van der Waals surface area contributed by atoms with Crippen LogP contribution in [0, 0.1) is 11.8 Å². The van der Waals surface area contributed by atoms with Crippen LogP contribution < -0.4 is 11.1 Å². The van der Waals surface area contributed by atoms with Gasteiger partial charge in [-0.05, 0) is 31.2 Å². The molecule has 0 aliphatic rings. The Labute approximate surface area is 108 Å². The summed E-state index contributed by atoms with van der Waals surface area (Å²) in [6.45, 7) is 2.71. The third-order valence-corrected chi connectivity index (χ3v) is 2.28. The summed E-state index contributed by atoms with van der Waals surface area (Å²) >= 11 is 0. The highest BCUT2D eigenvalue weighted by atomic mass is 16.5. The first-order chi connectivity index (χ1) is 8.67. The lowest BCUT2D eigenvalue weighted by Gasteiger charge is -2.12. The quantitative estimate of drug-likeness (QED) is 0.771. The number of nitrogens with one attached hydrogen (secondary N) is 1. The molecule has 1 unspecified atom stereocenters. The van der Waals surface area contributed by atoms with Gasteiger partial charge in [-0.15, -0.1) is 0 Å². The Kier molecular flexibility index (Phi) is 5.92. The highest BCUT2D eigenvalue weighted by Crippen LogP contribution is 2.03. The molecule has 0 radical (unpaired) electrons. The summed E-state index contributed by atoms with van der Waals surface area (Å²) in [5.74, 6) is 5.55. The monoisotopic (exact) mass is 246 g/mol. The third-order valence-electron chi connectivity index (χ3n) is 2.28. The van der Waals surface area contributed by atoms with Crippen LogP contribution in [0.5, 0.6) is 0 Å². The van der Waals surface area contributed by atoms with E-state index < -0.39 is 0 Å². The van der Waals surface area contributed by atoms with E-state index in [1.54, 1.807) is 31.4 Å². The number of ether oxygens (including phenoxy) is 1. The summed E-state index contributed by atoms with van der Waals surface area (Å²) in [6.07, 6.45) is 0. The highest BCUT2D eigenvalue weighted by Gasteiger charge is 2.08. The molecule has 0 spiro atoms. The van der Waals surface area contributed by atoms with Crippen molar-refractivity contribution in [1.82, 2.24) is 5.32 Å². The van der Waals surface area contributed by atoms with Gasteiger partial charge in [0.05, 0.1) is 13.2 Å². The fraction of sp³-hybridized carbons (Fsp3) is 0.357. The van der Waals surface area contributed by atoms with Crippen LogP contribution in [0.3, 0.4) is 0 Å². The maximum absolute atomic E-state index is 11.8. The van der Waals surface area contributed by atoms with Crippen molar-refractivity contribution >= 4 is 5.91 Å². The molecule has 1 aromatic rings. The number of carbonyl (C=O) groups excluding carboxylic acids is 1. The number of benzene rings is 1. The Hall–Kier alpha value is -1.83. The van der Waals surface area contributed by atoms with Crippen LogP contribution in [0.15, 0.2) is 24.3 Å². The molecule has 1 rings (SSSR count). The fourth-order valence-electron chi connectivity index (χ4n) is 1.46. The molecule has 0 heterocycles. The molecular formula is C14H18N2O2. The second-order valence-corrected chi connectivity index (χ2v) is 3.91. The van der Waals surface area contributed by atoms with Crippen LogP contribution in [-0.4, -0.2) is 32.2 Å². The van der Waals surface area contributed by atoms with Crippen molar-refractivity contribution in [1.29, 1.82) is 0 Å². The van der Waals surface area contributed by atoms with Gasteiger partial charge in [0.2, 0.25) is 0 Å². The second-order valence-electron chi connectivity index (χ2n) is 3.91. The van der Waals surface area contributed by atoms with Gasteiger partial charge >= 0.3 is 0 Å². The van der Waals surface area contributed by atoms with Gasteiger partial charge in [0, 0.05) is 24.3 Å². The van der Waals surface area contributed by atoms with Crippen molar-refractivity contribution in [3.8, 4) is 11.8 Å². The van der Waals surface area contributed by atoms with Crippen molar-refractivity contribution in [2.45, 2.75) is 13.0 Å². The highest BCUT2D eigenvalue weighted by molar-refractivity contribution is 5.94. The van der Waals surface area contributed by atoms with Crippen LogP contribution in [0.2, 0.25) is 0 Å². The molecule has 0 fully saturated rings. The molecule has 1 amide bonds. The number of methoxy groups -OCH3 is 1. The Morgan fingerprint density at radius 3 is 2.67 bits per heavy atom. The molecule has 4 nitrogen and oxygen atoms in total. The maximum Gasteiger partial charge on any atom is 0.251 e. The zero-order chi connectivity index (χ0) is 13.4. The Morgan fingerprint density at radius 1 is 1.44 bits per heavy atom. The average Bonchev–Trinajstić information content (AvgIpc) is 2.37. The molecule has 0 aliphatic heterocycles. The standard InChI is InChI=1S/C14H18N2O2/c1-11(10-18-2)16-14(17)13-7-5-12(6-8-13)4-3-9-15/h5-8,11H,9-10,15H2,1-2H3,(H,16,17).